The number of hydrogen-bond acceptors (Lipinski definition) is 7. The van der Waals surface area contributed by atoms with Gasteiger partial charge in [0.05, 0.1) is 22.3 Å². The number of anilines is 1. The van der Waals surface area contributed by atoms with Crippen LogP contribution in [0.5, 0.6) is 5.75 Å². The summed E-state index contributed by atoms with van der Waals surface area (Å²) >= 11 is 0. The average Bonchev–Trinajstić information content (AvgIpc) is 2.84. The largest absolute Gasteiger partial charge is 0.422 e. The average molecular weight is 500 g/mol. The molecule has 3 rings (SSSR count). The lowest BCUT2D eigenvalue weighted by Crippen LogP contribution is -2.32. The number of rotatable bonds is 6. The number of nitrogens with one attached hydrogen (secondary N) is 2. The van der Waals surface area contributed by atoms with Gasteiger partial charge >= 0.3 is 24.0 Å². The number of para-hydroxylation sites is 1. The van der Waals surface area contributed by atoms with E-state index < -0.39 is 34.4 Å². The predicted octanol–water partition coefficient (Wildman–Crippen LogP) is 3.92. The Kier molecular flexibility index (Phi) is 7.74. The summed E-state index contributed by atoms with van der Waals surface area (Å²) in [6.45, 7) is 0. The number of nitrogens with zero attached hydrogens (tertiary/aromatic N) is 2. The molecule has 3 aromatic rings. The summed E-state index contributed by atoms with van der Waals surface area (Å²) in [4.78, 5) is 46.4. The van der Waals surface area contributed by atoms with Crippen molar-refractivity contribution < 1.29 is 37.2 Å². The summed E-state index contributed by atoms with van der Waals surface area (Å²) in [6, 6.07) is 14.5. The Bertz CT molecular complexity index is 1340. The lowest BCUT2D eigenvalue weighted by atomic mass is 10.2. The Hall–Kier alpha value is -5.07. The van der Waals surface area contributed by atoms with Crippen LogP contribution in [-0.4, -0.2) is 28.9 Å². The Morgan fingerprint density at radius 2 is 1.64 bits per heavy atom. The van der Waals surface area contributed by atoms with Crippen molar-refractivity contribution in [3.8, 4) is 5.75 Å². The molecule has 0 atom stereocenters. The number of esters is 1. The summed E-state index contributed by atoms with van der Waals surface area (Å²) in [5.41, 5.74) is 0.751. The van der Waals surface area contributed by atoms with Crippen molar-refractivity contribution in [3.05, 3.63) is 99.6 Å². The normalized spacial score (nSPS) is 11.1. The zero-order chi connectivity index (χ0) is 26.3. The summed E-state index contributed by atoms with van der Waals surface area (Å²) in [7, 11) is 0. The molecule has 0 unspecified atom stereocenters. The third-order valence-electron chi connectivity index (χ3n) is 4.46. The Morgan fingerprint density at radius 1 is 0.944 bits per heavy atom. The maximum absolute atomic E-state index is 12.8. The van der Waals surface area contributed by atoms with Gasteiger partial charge in [0, 0.05) is 23.4 Å². The standard InChI is InChI=1S/C23H15F3N4O6/c24-23(25,26)16-5-3-6-17(12-16)28-20(31)21(32)29-27-13-15-4-1-2-7-19(15)36-22(33)14-8-10-18(11-9-14)30(34)35/h1-13H,(H,28,31)(H,29,32)/b27-13+. The molecule has 10 nitrogen and oxygen atoms in total. The first kappa shape index (κ1) is 25.6. The lowest BCUT2D eigenvalue weighted by Gasteiger charge is -2.09. The number of non-ortho nitro benzene ring substituents is 1. The monoisotopic (exact) mass is 500 g/mol. The van der Waals surface area contributed by atoms with Crippen LogP contribution in [0, 0.1) is 10.1 Å². The number of nitro groups is 1. The highest BCUT2D eigenvalue weighted by atomic mass is 19.4. The molecule has 36 heavy (non-hydrogen) atoms. The number of halogens is 3. The molecular formula is C23H15F3N4O6. The van der Waals surface area contributed by atoms with Crippen molar-refractivity contribution >= 4 is 35.4 Å². The molecule has 0 spiro atoms. The molecule has 0 fully saturated rings. The first-order valence-electron chi connectivity index (χ1n) is 9.92. The van der Waals surface area contributed by atoms with Crippen molar-refractivity contribution in [3.63, 3.8) is 0 Å². The van der Waals surface area contributed by atoms with Gasteiger partial charge in [0.15, 0.2) is 0 Å². The van der Waals surface area contributed by atoms with Crippen LogP contribution in [0.2, 0.25) is 0 Å². The summed E-state index contributed by atoms with van der Waals surface area (Å²) in [6.07, 6.45) is -3.55. The minimum absolute atomic E-state index is 0.0345. The predicted molar refractivity (Wildman–Crippen MR) is 120 cm³/mol. The van der Waals surface area contributed by atoms with E-state index in [-0.39, 0.29) is 28.3 Å². The molecule has 0 radical (unpaired) electrons. The van der Waals surface area contributed by atoms with Crippen molar-refractivity contribution in [2.45, 2.75) is 6.18 Å². The first-order chi connectivity index (χ1) is 17.0. The van der Waals surface area contributed by atoms with Crippen LogP contribution in [0.3, 0.4) is 0 Å². The zero-order valence-corrected chi connectivity index (χ0v) is 18.0. The van der Waals surface area contributed by atoms with Crippen LogP contribution in [-0.2, 0) is 15.8 Å². The molecule has 0 heterocycles. The molecule has 0 saturated carbocycles. The highest BCUT2D eigenvalue weighted by molar-refractivity contribution is 6.39. The van der Waals surface area contributed by atoms with Gasteiger partial charge in [0.2, 0.25) is 0 Å². The molecule has 0 aliphatic carbocycles. The van der Waals surface area contributed by atoms with Gasteiger partial charge in [0.1, 0.15) is 5.75 Å². The van der Waals surface area contributed by atoms with E-state index in [1.54, 1.807) is 12.1 Å². The van der Waals surface area contributed by atoms with Crippen LogP contribution in [0.1, 0.15) is 21.5 Å². The topological polar surface area (TPSA) is 140 Å². The summed E-state index contributed by atoms with van der Waals surface area (Å²) in [5, 5.41) is 16.4. The number of alkyl halides is 3. The van der Waals surface area contributed by atoms with E-state index in [1.165, 1.54) is 30.3 Å². The van der Waals surface area contributed by atoms with E-state index in [0.717, 1.165) is 30.5 Å². The molecule has 3 aromatic carbocycles. The Morgan fingerprint density at radius 3 is 2.31 bits per heavy atom. The zero-order valence-electron chi connectivity index (χ0n) is 18.0. The number of hydrogen-bond donors (Lipinski definition) is 2. The number of carbonyl (C=O) groups excluding carboxylic acids is 3. The van der Waals surface area contributed by atoms with E-state index in [4.69, 9.17) is 4.74 Å². The molecule has 0 aliphatic rings. The Balaban J connectivity index is 1.62. The van der Waals surface area contributed by atoms with Crippen molar-refractivity contribution in [2.75, 3.05) is 5.32 Å². The fourth-order valence-electron chi connectivity index (χ4n) is 2.73. The molecule has 2 N–H and O–H groups in total. The van der Waals surface area contributed by atoms with Crippen LogP contribution in [0.25, 0.3) is 0 Å². The highest BCUT2D eigenvalue weighted by Crippen LogP contribution is 2.30. The number of hydrazone groups is 1. The lowest BCUT2D eigenvalue weighted by molar-refractivity contribution is -0.384. The Labute approximate surface area is 200 Å². The summed E-state index contributed by atoms with van der Waals surface area (Å²) < 4.78 is 43.6. The van der Waals surface area contributed by atoms with Gasteiger partial charge in [-0.3, -0.25) is 19.7 Å². The molecule has 0 bridgehead atoms. The van der Waals surface area contributed by atoms with Crippen LogP contribution < -0.4 is 15.5 Å². The SMILES string of the molecule is O=C(N/N=C/c1ccccc1OC(=O)c1ccc([N+](=O)[O-])cc1)C(=O)Nc1cccc(C(F)(F)F)c1. The molecule has 2 amide bonds. The number of carbonyl (C=O) groups is 3. The van der Waals surface area contributed by atoms with E-state index >= 15 is 0 Å². The molecular weight excluding hydrogens is 485 g/mol. The second kappa shape index (κ2) is 10.9. The van der Waals surface area contributed by atoms with Crippen LogP contribution in [0.4, 0.5) is 24.5 Å². The van der Waals surface area contributed by atoms with E-state index in [1.807, 2.05) is 10.7 Å². The first-order valence-corrected chi connectivity index (χ1v) is 9.92. The van der Waals surface area contributed by atoms with Gasteiger partial charge in [-0.2, -0.15) is 18.3 Å². The molecule has 184 valence electrons. The minimum atomic E-state index is -4.62. The van der Waals surface area contributed by atoms with E-state index in [0.29, 0.717) is 6.07 Å². The van der Waals surface area contributed by atoms with Crippen LogP contribution in [0.15, 0.2) is 77.9 Å². The third-order valence-corrected chi connectivity index (χ3v) is 4.46. The van der Waals surface area contributed by atoms with Crippen molar-refractivity contribution in [2.24, 2.45) is 5.10 Å². The number of amides is 2. The fraction of sp³-hybridized carbons (Fsp3) is 0.0435. The number of benzene rings is 3. The second-order valence-electron chi connectivity index (χ2n) is 6.96. The number of nitro benzene ring substituents is 1. The maximum atomic E-state index is 12.8. The maximum Gasteiger partial charge on any atom is 0.416 e. The third kappa shape index (κ3) is 6.72. The number of ether oxygens (including phenoxy) is 1. The minimum Gasteiger partial charge on any atom is -0.422 e. The van der Waals surface area contributed by atoms with Gasteiger partial charge < -0.3 is 10.1 Å². The summed E-state index contributed by atoms with van der Waals surface area (Å²) in [5.74, 6) is -3.30. The van der Waals surface area contributed by atoms with E-state index in [2.05, 4.69) is 5.10 Å². The molecule has 0 aromatic heterocycles. The van der Waals surface area contributed by atoms with Gasteiger partial charge in [-0.05, 0) is 42.5 Å². The van der Waals surface area contributed by atoms with Gasteiger partial charge in [-0.15, -0.1) is 0 Å². The van der Waals surface area contributed by atoms with Crippen LogP contribution >= 0.6 is 0 Å². The van der Waals surface area contributed by atoms with Gasteiger partial charge in [-0.25, -0.2) is 10.2 Å². The molecule has 0 aliphatic heterocycles. The van der Waals surface area contributed by atoms with Crippen molar-refractivity contribution in [1.82, 2.24) is 5.43 Å². The molecule has 0 saturated heterocycles. The van der Waals surface area contributed by atoms with E-state index in [9.17, 15) is 37.7 Å². The highest BCUT2D eigenvalue weighted by Gasteiger charge is 2.30. The smallest absolute Gasteiger partial charge is 0.416 e. The second-order valence-corrected chi connectivity index (χ2v) is 6.96. The van der Waals surface area contributed by atoms with Gasteiger partial charge in [0.25, 0.3) is 5.69 Å². The van der Waals surface area contributed by atoms with Crippen molar-refractivity contribution in [1.29, 1.82) is 0 Å². The fourth-order valence-corrected chi connectivity index (χ4v) is 2.73. The van der Waals surface area contributed by atoms with Gasteiger partial charge in [-0.1, -0.05) is 18.2 Å². The quantitative estimate of drug-likeness (QED) is 0.131. The molecule has 13 heteroatoms.